The van der Waals surface area contributed by atoms with Gasteiger partial charge in [-0.05, 0) is 36.2 Å². The molecule has 1 aromatic heterocycles. The number of aromatic nitrogens is 1. The standard InChI is InChI=1S/C20H19N3O2S/c1-2-13-7-9-15(10-8-13)23-12-14(11-18(23)24)19(25)22-20-21-16-5-3-4-6-17(16)26-20/h3-10,14H,2,11-12H2,1H3,(H,21,22,25). The zero-order valence-corrected chi connectivity index (χ0v) is 15.3. The van der Waals surface area contributed by atoms with Crippen LogP contribution in [0.5, 0.6) is 0 Å². The Labute approximate surface area is 155 Å². The molecule has 0 radical (unpaired) electrons. The quantitative estimate of drug-likeness (QED) is 0.764. The van der Waals surface area contributed by atoms with Crippen molar-refractivity contribution in [3.63, 3.8) is 0 Å². The van der Waals surface area contributed by atoms with Crippen molar-refractivity contribution in [1.29, 1.82) is 0 Å². The average Bonchev–Trinajstić information content (AvgIpc) is 3.24. The van der Waals surface area contributed by atoms with Crippen molar-refractivity contribution in [3.05, 3.63) is 54.1 Å². The van der Waals surface area contributed by atoms with E-state index in [1.807, 2.05) is 48.5 Å². The number of hydrogen-bond acceptors (Lipinski definition) is 4. The van der Waals surface area contributed by atoms with Crippen LogP contribution in [0.4, 0.5) is 10.8 Å². The molecule has 1 fully saturated rings. The van der Waals surface area contributed by atoms with Crippen LogP contribution in [0.3, 0.4) is 0 Å². The third-order valence-electron chi connectivity index (χ3n) is 4.68. The first-order valence-corrected chi connectivity index (χ1v) is 9.51. The van der Waals surface area contributed by atoms with Gasteiger partial charge in [0.05, 0.1) is 16.1 Å². The molecule has 0 spiro atoms. The molecule has 2 aromatic carbocycles. The van der Waals surface area contributed by atoms with E-state index in [1.54, 1.807) is 4.90 Å². The number of carbonyl (C=O) groups is 2. The van der Waals surface area contributed by atoms with Gasteiger partial charge in [0.25, 0.3) is 0 Å². The Bertz CT molecular complexity index is 932. The number of carbonyl (C=O) groups excluding carboxylic acids is 2. The topological polar surface area (TPSA) is 62.3 Å². The molecule has 0 bridgehead atoms. The number of nitrogens with one attached hydrogen (secondary N) is 1. The minimum absolute atomic E-state index is 0.0151. The first kappa shape index (κ1) is 16.7. The van der Waals surface area contributed by atoms with Gasteiger partial charge in [-0.1, -0.05) is 42.5 Å². The predicted molar refractivity (Wildman–Crippen MR) is 105 cm³/mol. The summed E-state index contributed by atoms with van der Waals surface area (Å²) in [7, 11) is 0. The van der Waals surface area contributed by atoms with Crippen LogP contribution in [0.2, 0.25) is 0 Å². The van der Waals surface area contributed by atoms with E-state index in [-0.39, 0.29) is 24.2 Å². The van der Waals surface area contributed by atoms with Crippen molar-refractivity contribution < 1.29 is 9.59 Å². The van der Waals surface area contributed by atoms with Crippen LogP contribution in [0.15, 0.2) is 48.5 Å². The lowest BCUT2D eigenvalue weighted by Gasteiger charge is -2.17. The highest BCUT2D eigenvalue weighted by Gasteiger charge is 2.35. The van der Waals surface area contributed by atoms with E-state index >= 15 is 0 Å². The highest BCUT2D eigenvalue weighted by atomic mass is 32.1. The maximum Gasteiger partial charge on any atom is 0.231 e. The summed E-state index contributed by atoms with van der Waals surface area (Å²) in [4.78, 5) is 31.1. The third kappa shape index (κ3) is 3.20. The van der Waals surface area contributed by atoms with Crippen molar-refractivity contribution in [2.45, 2.75) is 19.8 Å². The first-order chi connectivity index (χ1) is 12.6. The molecule has 26 heavy (non-hydrogen) atoms. The Morgan fingerprint density at radius 1 is 1.23 bits per heavy atom. The molecule has 6 heteroatoms. The molecule has 4 rings (SSSR count). The Kier molecular flexibility index (Phi) is 4.42. The summed E-state index contributed by atoms with van der Waals surface area (Å²) in [6, 6.07) is 15.7. The predicted octanol–water partition coefficient (Wildman–Crippen LogP) is 3.85. The number of aryl methyl sites for hydroxylation is 1. The summed E-state index contributed by atoms with van der Waals surface area (Å²) in [5.74, 6) is -0.524. The van der Waals surface area contributed by atoms with E-state index in [1.165, 1.54) is 16.9 Å². The highest BCUT2D eigenvalue weighted by molar-refractivity contribution is 7.22. The van der Waals surface area contributed by atoms with Gasteiger partial charge in [0, 0.05) is 18.7 Å². The molecular formula is C20H19N3O2S. The number of rotatable bonds is 4. The fraction of sp³-hybridized carbons (Fsp3) is 0.250. The summed E-state index contributed by atoms with van der Waals surface area (Å²) < 4.78 is 1.03. The molecule has 0 aliphatic carbocycles. The molecule has 1 atom stereocenters. The Morgan fingerprint density at radius 2 is 2.00 bits per heavy atom. The Hall–Kier alpha value is -2.73. The summed E-state index contributed by atoms with van der Waals surface area (Å²) >= 11 is 1.44. The fourth-order valence-corrected chi connectivity index (χ4v) is 4.05. The molecule has 132 valence electrons. The fourth-order valence-electron chi connectivity index (χ4n) is 3.18. The van der Waals surface area contributed by atoms with Gasteiger partial charge in [-0.15, -0.1) is 0 Å². The van der Waals surface area contributed by atoms with Crippen LogP contribution in [-0.2, 0) is 16.0 Å². The summed E-state index contributed by atoms with van der Waals surface area (Å²) in [5, 5.41) is 3.45. The number of nitrogens with zero attached hydrogens (tertiary/aromatic N) is 2. The number of hydrogen-bond donors (Lipinski definition) is 1. The van der Waals surface area contributed by atoms with Crippen molar-refractivity contribution in [1.82, 2.24) is 4.98 Å². The molecule has 1 saturated heterocycles. The van der Waals surface area contributed by atoms with Gasteiger partial charge in [-0.2, -0.15) is 0 Å². The van der Waals surface area contributed by atoms with Gasteiger partial charge in [-0.25, -0.2) is 4.98 Å². The minimum atomic E-state index is -0.361. The molecule has 5 nitrogen and oxygen atoms in total. The lowest BCUT2D eigenvalue weighted by Crippen LogP contribution is -2.28. The number of benzene rings is 2. The molecular weight excluding hydrogens is 346 g/mol. The van der Waals surface area contributed by atoms with Gasteiger partial charge in [0.1, 0.15) is 0 Å². The smallest absolute Gasteiger partial charge is 0.231 e. The second kappa shape index (κ2) is 6.88. The summed E-state index contributed by atoms with van der Waals surface area (Å²) in [6.45, 7) is 2.50. The van der Waals surface area contributed by atoms with Gasteiger partial charge >= 0.3 is 0 Å². The largest absolute Gasteiger partial charge is 0.312 e. The van der Waals surface area contributed by atoms with Crippen molar-refractivity contribution in [2.75, 3.05) is 16.8 Å². The number of thiazole rings is 1. The molecule has 0 saturated carbocycles. The van der Waals surface area contributed by atoms with Gasteiger partial charge in [-0.3, -0.25) is 9.59 Å². The minimum Gasteiger partial charge on any atom is -0.312 e. The number of para-hydroxylation sites is 1. The molecule has 1 aliphatic rings. The lowest BCUT2D eigenvalue weighted by molar-refractivity contribution is -0.122. The molecule has 1 unspecified atom stereocenters. The van der Waals surface area contributed by atoms with E-state index < -0.39 is 0 Å². The SMILES string of the molecule is CCc1ccc(N2CC(C(=O)Nc3nc4ccccc4s3)CC2=O)cc1. The first-order valence-electron chi connectivity index (χ1n) is 8.70. The number of amides is 2. The number of anilines is 2. The van der Waals surface area contributed by atoms with Gasteiger partial charge in [0.15, 0.2) is 5.13 Å². The van der Waals surface area contributed by atoms with E-state index in [4.69, 9.17) is 0 Å². The van der Waals surface area contributed by atoms with Crippen LogP contribution in [-0.4, -0.2) is 23.3 Å². The zero-order chi connectivity index (χ0) is 18.1. The van der Waals surface area contributed by atoms with Crippen LogP contribution in [0.1, 0.15) is 18.9 Å². The summed E-state index contributed by atoms with van der Waals surface area (Å²) in [6.07, 6.45) is 1.19. The van der Waals surface area contributed by atoms with Crippen molar-refractivity contribution >= 4 is 44.2 Å². The second-order valence-electron chi connectivity index (χ2n) is 6.40. The van der Waals surface area contributed by atoms with Gasteiger partial charge < -0.3 is 10.2 Å². The Morgan fingerprint density at radius 3 is 2.73 bits per heavy atom. The van der Waals surface area contributed by atoms with Crippen molar-refractivity contribution in [3.8, 4) is 0 Å². The van der Waals surface area contributed by atoms with Crippen LogP contribution < -0.4 is 10.2 Å². The van der Waals surface area contributed by atoms with Crippen molar-refractivity contribution in [2.24, 2.45) is 5.92 Å². The van der Waals surface area contributed by atoms with E-state index in [0.717, 1.165) is 22.3 Å². The van der Waals surface area contributed by atoms with Crippen LogP contribution >= 0.6 is 11.3 Å². The monoisotopic (exact) mass is 365 g/mol. The summed E-state index contributed by atoms with van der Waals surface area (Å²) in [5.41, 5.74) is 2.95. The molecule has 3 aromatic rings. The molecule has 2 amide bonds. The van der Waals surface area contributed by atoms with Crippen LogP contribution in [0.25, 0.3) is 10.2 Å². The van der Waals surface area contributed by atoms with E-state index in [0.29, 0.717) is 11.7 Å². The average molecular weight is 365 g/mol. The van der Waals surface area contributed by atoms with Crippen LogP contribution in [0, 0.1) is 5.92 Å². The van der Waals surface area contributed by atoms with E-state index in [2.05, 4.69) is 17.2 Å². The zero-order valence-electron chi connectivity index (χ0n) is 14.4. The second-order valence-corrected chi connectivity index (χ2v) is 7.43. The third-order valence-corrected chi connectivity index (χ3v) is 5.63. The normalized spacial score (nSPS) is 17.0. The number of fused-ring (bicyclic) bond motifs is 1. The maximum absolute atomic E-state index is 12.6. The Balaban J connectivity index is 1.46. The highest BCUT2D eigenvalue weighted by Crippen LogP contribution is 2.29. The maximum atomic E-state index is 12.6. The molecule has 1 N–H and O–H groups in total. The molecule has 2 heterocycles. The molecule has 1 aliphatic heterocycles. The lowest BCUT2D eigenvalue weighted by atomic mass is 10.1. The van der Waals surface area contributed by atoms with E-state index in [9.17, 15) is 9.59 Å². The van der Waals surface area contributed by atoms with Gasteiger partial charge in [0.2, 0.25) is 11.8 Å².